The van der Waals surface area contributed by atoms with Crippen molar-refractivity contribution in [3.05, 3.63) is 59.4 Å². The summed E-state index contributed by atoms with van der Waals surface area (Å²) in [6.45, 7) is 9.84. The number of amides is 1. The minimum absolute atomic E-state index is 0.0578. The fraction of sp³-hybridized carbons (Fsp3) is 0.364. The molecule has 0 spiro atoms. The third kappa shape index (κ3) is 3.50. The summed E-state index contributed by atoms with van der Waals surface area (Å²) < 4.78 is 1.95. The highest BCUT2D eigenvalue weighted by molar-refractivity contribution is 5.99. The fourth-order valence-corrected chi connectivity index (χ4v) is 3.27. The van der Waals surface area contributed by atoms with Crippen LogP contribution in [-0.4, -0.2) is 33.3 Å². The van der Waals surface area contributed by atoms with E-state index < -0.39 is 0 Å². The van der Waals surface area contributed by atoms with Crippen LogP contribution in [0.1, 0.15) is 48.3 Å². The first-order valence-electron chi connectivity index (χ1n) is 9.40. The molecule has 0 aliphatic rings. The molecule has 3 aromatic rings. The van der Waals surface area contributed by atoms with Crippen molar-refractivity contribution in [2.45, 2.75) is 40.5 Å². The molecule has 0 unspecified atom stereocenters. The summed E-state index contributed by atoms with van der Waals surface area (Å²) >= 11 is 0. The monoisotopic (exact) mass is 349 g/mol. The van der Waals surface area contributed by atoms with E-state index >= 15 is 0 Å². The van der Waals surface area contributed by atoms with Gasteiger partial charge in [-0.05, 0) is 38.3 Å². The Morgan fingerprint density at radius 2 is 1.58 bits per heavy atom. The smallest absolute Gasteiger partial charge is 0.273 e. The van der Waals surface area contributed by atoms with Gasteiger partial charge in [-0.15, -0.1) is 0 Å². The molecule has 0 N–H and O–H groups in total. The van der Waals surface area contributed by atoms with Crippen molar-refractivity contribution in [3.63, 3.8) is 0 Å². The van der Waals surface area contributed by atoms with Crippen molar-refractivity contribution in [1.82, 2.24) is 14.3 Å². The van der Waals surface area contributed by atoms with Crippen LogP contribution in [0.15, 0.2) is 42.6 Å². The molecule has 4 heteroatoms. The fourth-order valence-electron chi connectivity index (χ4n) is 3.27. The van der Waals surface area contributed by atoms with E-state index in [-0.39, 0.29) is 5.91 Å². The maximum Gasteiger partial charge on any atom is 0.273 e. The predicted octanol–water partition coefficient (Wildman–Crippen LogP) is 4.88. The van der Waals surface area contributed by atoms with Gasteiger partial charge in [-0.2, -0.15) is 0 Å². The van der Waals surface area contributed by atoms with Crippen LogP contribution in [0, 0.1) is 13.8 Å². The molecule has 0 saturated carbocycles. The van der Waals surface area contributed by atoms with Crippen LogP contribution in [-0.2, 0) is 0 Å². The topological polar surface area (TPSA) is 37.6 Å². The van der Waals surface area contributed by atoms with Crippen molar-refractivity contribution < 1.29 is 4.79 Å². The maximum absolute atomic E-state index is 13.4. The number of benzene rings is 1. The number of rotatable bonds is 6. The van der Waals surface area contributed by atoms with Gasteiger partial charge in [0.05, 0.1) is 0 Å². The number of fused-ring (bicyclic) bond motifs is 1. The van der Waals surface area contributed by atoms with Gasteiger partial charge in [0.1, 0.15) is 17.0 Å². The summed E-state index contributed by atoms with van der Waals surface area (Å²) in [5, 5.41) is 0. The summed E-state index contributed by atoms with van der Waals surface area (Å²) in [4.78, 5) is 20.2. The quantitative estimate of drug-likeness (QED) is 0.636. The minimum Gasteiger partial charge on any atom is -0.337 e. The van der Waals surface area contributed by atoms with Crippen molar-refractivity contribution in [2.75, 3.05) is 13.1 Å². The van der Waals surface area contributed by atoms with Crippen LogP contribution in [0.5, 0.6) is 0 Å². The summed E-state index contributed by atoms with van der Waals surface area (Å²) in [5.74, 6) is 0.0578. The van der Waals surface area contributed by atoms with Gasteiger partial charge in [-0.25, -0.2) is 4.98 Å². The second-order valence-electron chi connectivity index (χ2n) is 6.90. The van der Waals surface area contributed by atoms with Crippen molar-refractivity contribution in [2.24, 2.45) is 0 Å². The van der Waals surface area contributed by atoms with Gasteiger partial charge in [-0.1, -0.05) is 49.7 Å². The van der Waals surface area contributed by atoms with Gasteiger partial charge in [0.25, 0.3) is 5.91 Å². The molecule has 2 heterocycles. The lowest BCUT2D eigenvalue weighted by atomic mass is 10.1. The van der Waals surface area contributed by atoms with Gasteiger partial charge in [0.2, 0.25) is 0 Å². The first-order valence-corrected chi connectivity index (χ1v) is 9.40. The third-order valence-corrected chi connectivity index (χ3v) is 4.57. The van der Waals surface area contributed by atoms with Crippen LogP contribution in [0.3, 0.4) is 0 Å². The number of aryl methyl sites for hydroxylation is 2. The Kier molecular flexibility index (Phi) is 5.40. The van der Waals surface area contributed by atoms with Crippen molar-refractivity contribution in [3.8, 4) is 11.3 Å². The van der Waals surface area contributed by atoms with E-state index in [9.17, 15) is 4.79 Å². The number of aromatic nitrogens is 2. The standard InChI is InChI=1S/C22H27N3O/c1-5-13-24(14-6-2)22(26)21-20(18-10-7-16(3)8-11-18)23-19-12-9-17(4)15-25(19)21/h7-12,15H,5-6,13-14H2,1-4H3. The molecule has 26 heavy (non-hydrogen) atoms. The first kappa shape index (κ1) is 18.2. The maximum atomic E-state index is 13.4. The van der Waals surface area contributed by atoms with Crippen LogP contribution in [0.2, 0.25) is 0 Å². The number of nitrogens with zero attached hydrogens (tertiary/aromatic N) is 3. The van der Waals surface area contributed by atoms with E-state index in [4.69, 9.17) is 4.98 Å². The molecule has 0 aliphatic heterocycles. The molecule has 1 amide bonds. The molecule has 3 rings (SSSR count). The highest BCUT2D eigenvalue weighted by Gasteiger charge is 2.24. The van der Waals surface area contributed by atoms with E-state index in [2.05, 4.69) is 32.9 Å². The van der Waals surface area contributed by atoms with Gasteiger partial charge >= 0.3 is 0 Å². The Morgan fingerprint density at radius 1 is 0.962 bits per heavy atom. The SMILES string of the molecule is CCCN(CCC)C(=O)c1c(-c2ccc(C)cc2)nc2ccc(C)cn12. The summed E-state index contributed by atoms with van der Waals surface area (Å²) in [5.41, 5.74) is 5.51. The molecule has 0 fully saturated rings. The Hall–Kier alpha value is -2.62. The Balaban J connectivity index is 2.20. The normalized spacial score (nSPS) is 11.1. The molecule has 1 aromatic carbocycles. The Bertz CT molecular complexity index is 903. The number of carbonyl (C=O) groups excluding carboxylic acids is 1. The second kappa shape index (κ2) is 7.73. The number of carbonyl (C=O) groups is 1. The van der Waals surface area contributed by atoms with E-state index in [1.807, 2.05) is 46.7 Å². The first-order chi connectivity index (χ1) is 12.5. The van der Waals surface area contributed by atoms with E-state index in [1.165, 1.54) is 5.56 Å². The van der Waals surface area contributed by atoms with Crippen LogP contribution in [0.4, 0.5) is 0 Å². The highest BCUT2D eigenvalue weighted by atomic mass is 16.2. The van der Waals surface area contributed by atoms with Crippen molar-refractivity contribution >= 4 is 11.6 Å². The summed E-state index contributed by atoms with van der Waals surface area (Å²) in [6, 6.07) is 12.2. The van der Waals surface area contributed by atoms with Crippen LogP contribution < -0.4 is 0 Å². The molecule has 136 valence electrons. The Labute approximate surface area is 155 Å². The number of hydrogen-bond acceptors (Lipinski definition) is 2. The molecule has 0 atom stereocenters. The minimum atomic E-state index is 0.0578. The lowest BCUT2D eigenvalue weighted by Crippen LogP contribution is -2.33. The molecule has 0 aliphatic carbocycles. The largest absolute Gasteiger partial charge is 0.337 e. The molecular formula is C22H27N3O. The van der Waals surface area contributed by atoms with E-state index in [1.54, 1.807) is 0 Å². The average Bonchev–Trinajstić information content (AvgIpc) is 3.00. The van der Waals surface area contributed by atoms with Crippen LogP contribution >= 0.6 is 0 Å². The zero-order valence-corrected chi connectivity index (χ0v) is 16.1. The number of pyridine rings is 1. The third-order valence-electron chi connectivity index (χ3n) is 4.57. The van der Waals surface area contributed by atoms with Gasteiger partial charge in [0, 0.05) is 24.8 Å². The zero-order chi connectivity index (χ0) is 18.7. The molecule has 0 bridgehead atoms. The lowest BCUT2D eigenvalue weighted by molar-refractivity contribution is 0.0749. The molecule has 4 nitrogen and oxygen atoms in total. The predicted molar refractivity (Wildman–Crippen MR) is 107 cm³/mol. The lowest BCUT2D eigenvalue weighted by Gasteiger charge is -2.22. The number of imidazole rings is 1. The van der Waals surface area contributed by atoms with Gasteiger partial charge in [-0.3, -0.25) is 9.20 Å². The molecule has 0 saturated heterocycles. The van der Waals surface area contributed by atoms with Crippen LogP contribution in [0.25, 0.3) is 16.9 Å². The van der Waals surface area contributed by atoms with E-state index in [0.29, 0.717) is 5.69 Å². The number of hydrogen-bond donors (Lipinski definition) is 0. The summed E-state index contributed by atoms with van der Waals surface area (Å²) in [7, 11) is 0. The molecular weight excluding hydrogens is 322 g/mol. The summed E-state index contributed by atoms with van der Waals surface area (Å²) in [6.07, 6.45) is 3.89. The van der Waals surface area contributed by atoms with Gasteiger partial charge in [0.15, 0.2) is 0 Å². The average molecular weight is 349 g/mol. The Morgan fingerprint density at radius 3 is 2.19 bits per heavy atom. The van der Waals surface area contributed by atoms with E-state index in [0.717, 1.165) is 48.4 Å². The van der Waals surface area contributed by atoms with Gasteiger partial charge < -0.3 is 4.90 Å². The molecule has 0 radical (unpaired) electrons. The zero-order valence-electron chi connectivity index (χ0n) is 16.1. The molecule has 2 aromatic heterocycles. The second-order valence-corrected chi connectivity index (χ2v) is 6.90. The van der Waals surface area contributed by atoms with Crippen molar-refractivity contribution in [1.29, 1.82) is 0 Å². The highest BCUT2D eigenvalue weighted by Crippen LogP contribution is 2.26.